The van der Waals surface area contributed by atoms with Crippen LogP contribution in [-0.4, -0.2) is 42.3 Å². The van der Waals surface area contributed by atoms with E-state index in [2.05, 4.69) is 20.8 Å². The van der Waals surface area contributed by atoms with E-state index in [1.807, 2.05) is 49.4 Å². The van der Waals surface area contributed by atoms with Crippen LogP contribution in [0, 0.1) is 6.92 Å². The molecule has 3 N–H and O–H groups in total. The monoisotopic (exact) mass is 508 g/mol. The van der Waals surface area contributed by atoms with Crippen LogP contribution >= 0.6 is 0 Å². The number of benzene rings is 3. The third kappa shape index (κ3) is 6.45. The van der Waals surface area contributed by atoms with Gasteiger partial charge in [-0.2, -0.15) is 4.68 Å². The number of nitrogens with zero attached hydrogens (tertiary/aromatic N) is 4. The van der Waals surface area contributed by atoms with Crippen molar-refractivity contribution < 1.29 is 17.9 Å². The van der Waals surface area contributed by atoms with Crippen LogP contribution in [0.2, 0.25) is 0 Å². The van der Waals surface area contributed by atoms with Crippen LogP contribution < -0.4 is 19.9 Å². The zero-order chi connectivity index (χ0) is 25.5. The molecule has 0 saturated heterocycles. The highest BCUT2D eigenvalue weighted by molar-refractivity contribution is 7.89. The van der Waals surface area contributed by atoms with Crippen LogP contribution in [0.15, 0.2) is 71.6 Å². The summed E-state index contributed by atoms with van der Waals surface area (Å²) in [5.74, 6) is 1.78. The number of rotatable bonds is 11. The zero-order valence-electron chi connectivity index (χ0n) is 20.1. The Morgan fingerprint density at radius 1 is 0.972 bits per heavy atom. The molecule has 1 heterocycles. The molecule has 11 heteroatoms. The van der Waals surface area contributed by atoms with Crippen molar-refractivity contribution in [2.24, 2.45) is 5.14 Å². The lowest BCUT2D eigenvalue weighted by Gasteiger charge is -2.13. The summed E-state index contributed by atoms with van der Waals surface area (Å²) in [5.41, 5.74) is 4.07. The predicted octanol–water partition coefficient (Wildman–Crippen LogP) is 2.54. The fourth-order valence-corrected chi connectivity index (χ4v) is 4.09. The summed E-state index contributed by atoms with van der Waals surface area (Å²) >= 11 is 0. The van der Waals surface area contributed by atoms with Crippen LogP contribution in [0.5, 0.6) is 11.5 Å². The summed E-state index contributed by atoms with van der Waals surface area (Å²) in [6, 6.07) is 20.2. The summed E-state index contributed by atoms with van der Waals surface area (Å²) in [4.78, 5) is 0.111. The molecule has 4 aromatic rings. The summed E-state index contributed by atoms with van der Waals surface area (Å²) in [5, 5.41) is 20.4. The van der Waals surface area contributed by atoms with Crippen molar-refractivity contribution in [2.45, 2.75) is 31.4 Å². The molecule has 3 aromatic carbocycles. The van der Waals surface area contributed by atoms with Gasteiger partial charge in [-0.25, -0.2) is 13.6 Å². The number of methoxy groups -OCH3 is 1. The first-order valence-electron chi connectivity index (χ1n) is 11.3. The van der Waals surface area contributed by atoms with Crippen LogP contribution in [0.25, 0.3) is 5.69 Å². The Morgan fingerprint density at radius 2 is 1.69 bits per heavy atom. The molecule has 0 spiro atoms. The van der Waals surface area contributed by atoms with Gasteiger partial charge in [-0.1, -0.05) is 35.9 Å². The van der Waals surface area contributed by atoms with Crippen molar-refractivity contribution in [1.82, 2.24) is 25.5 Å². The minimum atomic E-state index is -3.67. The Morgan fingerprint density at radius 3 is 2.39 bits per heavy atom. The molecule has 0 atom stereocenters. The second kappa shape index (κ2) is 11.3. The molecule has 4 rings (SSSR count). The van der Waals surface area contributed by atoms with E-state index in [-0.39, 0.29) is 11.5 Å². The summed E-state index contributed by atoms with van der Waals surface area (Å²) < 4.78 is 35.9. The third-order valence-corrected chi connectivity index (χ3v) is 6.50. The van der Waals surface area contributed by atoms with Crippen molar-refractivity contribution in [1.29, 1.82) is 0 Å². The second-order valence-corrected chi connectivity index (χ2v) is 9.79. The maximum absolute atomic E-state index is 11.4. The first-order valence-corrected chi connectivity index (χ1v) is 12.8. The Balaban J connectivity index is 1.31. The van der Waals surface area contributed by atoms with Crippen molar-refractivity contribution in [3.63, 3.8) is 0 Å². The highest BCUT2D eigenvalue weighted by atomic mass is 32.2. The minimum absolute atomic E-state index is 0.111. The number of sulfonamides is 1. The Hall–Kier alpha value is -3.80. The first-order chi connectivity index (χ1) is 17.3. The smallest absolute Gasteiger partial charge is 0.238 e. The summed E-state index contributed by atoms with van der Waals surface area (Å²) in [6.45, 7) is 3.56. The van der Waals surface area contributed by atoms with E-state index in [1.54, 1.807) is 23.9 Å². The fourth-order valence-electron chi connectivity index (χ4n) is 3.58. The van der Waals surface area contributed by atoms with Gasteiger partial charge in [0.1, 0.15) is 0 Å². The number of ether oxygens (including phenoxy) is 2. The first kappa shape index (κ1) is 25.3. The number of nitrogens with one attached hydrogen (secondary N) is 1. The molecular weight excluding hydrogens is 480 g/mol. The molecule has 0 saturated carbocycles. The van der Waals surface area contributed by atoms with Gasteiger partial charge >= 0.3 is 0 Å². The van der Waals surface area contributed by atoms with Gasteiger partial charge in [0.15, 0.2) is 23.9 Å². The molecule has 0 unspecified atom stereocenters. The van der Waals surface area contributed by atoms with E-state index in [4.69, 9.17) is 14.6 Å². The standard InChI is InChI=1S/C25H28N6O4S/c1-18-3-8-21(9-4-18)31-25(28-29-30-31)17-35-23-12-7-20(15-24(23)34-2)16-27-14-13-19-5-10-22(11-6-19)36(26,32)33/h3-12,15,27H,13-14,16-17H2,1-2H3,(H2,26,32,33). The minimum Gasteiger partial charge on any atom is -0.493 e. The number of primary sulfonamides is 1. The number of nitrogens with two attached hydrogens (primary N) is 1. The zero-order valence-corrected chi connectivity index (χ0v) is 20.9. The van der Waals surface area contributed by atoms with Gasteiger partial charge in [-0.15, -0.1) is 5.10 Å². The van der Waals surface area contributed by atoms with Crippen LogP contribution in [0.4, 0.5) is 0 Å². The number of aromatic nitrogens is 4. The second-order valence-electron chi connectivity index (χ2n) is 8.23. The molecular formula is C25H28N6O4S. The average molecular weight is 509 g/mol. The molecule has 1 aromatic heterocycles. The third-order valence-electron chi connectivity index (χ3n) is 5.57. The number of hydrogen-bond acceptors (Lipinski definition) is 8. The van der Waals surface area contributed by atoms with Gasteiger partial charge in [0.2, 0.25) is 10.0 Å². The molecule has 10 nitrogen and oxygen atoms in total. The molecule has 36 heavy (non-hydrogen) atoms. The maximum Gasteiger partial charge on any atom is 0.238 e. The van der Waals surface area contributed by atoms with Crippen LogP contribution in [0.3, 0.4) is 0 Å². The van der Waals surface area contributed by atoms with Gasteiger partial charge in [-0.05, 0) is 77.8 Å². The van der Waals surface area contributed by atoms with E-state index in [0.29, 0.717) is 23.9 Å². The molecule has 0 aliphatic rings. The predicted molar refractivity (Wildman–Crippen MR) is 134 cm³/mol. The Bertz CT molecular complexity index is 1400. The van der Waals surface area contributed by atoms with E-state index in [1.165, 1.54) is 12.1 Å². The number of hydrogen-bond donors (Lipinski definition) is 2. The van der Waals surface area contributed by atoms with Gasteiger partial charge in [0, 0.05) is 6.54 Å². The van der Waals surface area contributed by atoms with Gasteiger partial charge < -0.3 is 14.8 Å². The average Bonchev–Trinajstić information content (AvgIpc) is 3.34. The maximum atomic E-state index is 11.4. The lowest BCUT2D eigenvalue weighted by molar-refractivity contribution is 0.273. The Kier molecular flexibility index (Phi) is 7.93. The van der Waals surface area contributed by atoms with E-state index in [0.717, 1.165) is 35.3 Å². The van der Waals surface area contributed by atoms with Gasteiger partial charge in [0.05, 0.1) is 17.7 Å². The molecule has 0 amide bonds. The van der Waals surface area contributed by atoms with E-state index in [9.17, 15) is 8.42 Å². The topological polar surface area (TPSA) is 134 Å². The molecule has 0 aliphatic carbocycles. The molecule has 0 fully saturated rings. The molecule has 188 valence electrons. The fraction of sp³-hybridized carbons (Fsp3) is 0.240. The lowest BCUT2D eigenvalue weighted by atomic mass is 10.1. The normalized spacial score (nSPS) is 11.4. The summed E-state index contributed by atoms with van der Waals surface area (Å²) in [7, 11) is -2.07. The van der Waals surface area contributed by atoms with Crippen molar-refractivity contribution >= 4 is 10.0 Å². The van der Waals surface area contributed by atoms with Crippen molar-refractivity contribution in [3.05, 3.63) is 89.2 Å². The van der Waals surface area contributed by atoms with Crippen LogP contribution in [0.1, 0.15) is 22.5 Å². The van der Waals surface area contributed by atoms with Gasteiger partial charge in [-0.3, -0.25) is 0 Å². The quantitative estimate of drug-likeness (QED) is 0.295. The summed E-state index contributed by atoms with van der Waals surface area (Å²) in [6.07, 6.45) is 0.749. The van der Waals surface area contributed by atoms with Crippen LogP contribution in [-0.2, 0) is 29.6 Å². The van der Waals surface area contributed by atoms with E-state index < -0.39 is 10.0 Å². The van der Waals surface area contributed by atoms with E-state index >= 15 is 0 Å². The van der Waals surface area contributed by atoms with Crippen molar-refractivity contribution in [3.8, 4) is 17.2 Å². The molecule has 0 radical (unpaired) electrons. The van der Waals surface area contributed by atoms with Gasteiger partial charge in [0.25, 0.3) is 0 Å². The molecule has 0 bridgehead atoms. The number of tetrazole rings is 1. The van der Waals surface area contributed by atoms with Crippen molar-refractivity contribution in [2.75, 3.05) is 13.7 Å². The largest absolute Gasteiger partial charge is 0.493 e. The SMILES string of the molecule is COc1cc(CNCCc2ccc(S(N)(=O)=O)cc2)ccc1OCc1nnnn1-c1ccc(C)cc1. The Labute approximate surface area is 210 Å². The lowest BCUT2D eigenvalue weighted by Crippen LogP contribution is -2.17. The highest BCUT2D eigenvalue weighted by Crippen LogP contribution is 2.29. The molecule has 0 aliphatic heterocycles. The highest BCUT2D eigenvalue weighted by Gasteiger charge is 2.12. The number of aryl methyl sites for hydroxylation is 1.